The number of nitrogens with zero attached hydrogens (tertiary/aromatic N) is 1. The molecule has 3 aromatic rings. The number of aromatic amines is 1. The number of hydrogen-bond acceptors (Lipinski definition) is 1. The number of nitrogens with one attached hydrogen (secondary N) is 1. The summed E-state index contributed by atoms with van der Waals surface area (Å²) in [6.45, 7) is 0. The van der Waals surface area contributed by atoms with Crippen LogP contribution >= 0.6 is 46.4 Å². The maximum absolute atomic E-state index is 6.20. The van der Waals surface area contributed by atoms with Gasteiger partial charge in [0.2, 0.25) is 0 Å². The summed E-state index contributed by atoms with van der Waals surface area (Å²) in [6.07, 6.45) is 2.35. The van der Waals surface area contributed by atoms with Gasteiger partial charge in [0, 0.05) is 33.2 Å². The van der Waals surface area contributed by atoms with Gasteiger partial charge in [0.1, 0.15) is 5.82 Å². The van der Waals surface area contributed by atoms with Crippen LogP contribution in [0.15, 0.2) is 42.6 Å². The van der Waals surface area contributed by atoms with Gasteiger partial charge in [0.15, 0.2) is 0 Å². The van der Waals surface area contributed by atoms with Crippen molar-refractivity contribution in [1.29, 1.82) is 0 Å². The molecule has 0 saturated heterocycles. The van der Waals surface area contributed by atoms with Crippen molar-refractivity contribution in [2.45, 2.75) is 6.42 Å². The fraction of sp³-hybridized carbons (Fsp3) is 0.0625. The third-order valence-electron chi connectivity index (χ3n) is 3.20. The second-order valence-electron chi connectivity index (χ2n) is 4.77. The van der Waals surface area contributed by atoms with E-state index in [4.69, 9.17) is 46.4 Å². The molecule has 0 radical (unpaired) electrons. The van der Waals surface area contributed by atoms with Gasteiger partial charge in [0.25, 0.3) is 0 Å². The van der Waals surface area contributed by atoms with Crippen molar-refractivity contribution in [2.24, 2.45) is 0 Å². The Morgan fingerprint density at radius 1 is 0.864 bits per heavy atom. The number of hydrogen-bond donors (Lipinski definition) is 1. The van der Waals surface area contributed by atoms with Gasteiger partial charge in [0.05, 0.1) is 10.7 Å². The Hall–Kier alpha value is -1.19. The first kappa shape index (κ1) is 15.7. The number of imidazole rings is 1. The molecule has 0 aliphatic rings. The van der Waals surface area contributed by atoms with Gasteiger partial charge < -0.3 is 4.98 Å². The second-order valence-corrected chi connectivity index (χ2v) is 6.46. The van der Waals surface area contributed by atoms with E-state index in [0.29, 0.717) is 26.5 Å². The van der Waals surface area contributed by atoms with E-state index in [1.807, 2.05) is 6.07 Å². The maximum atomic E-state index is 6.20. The monoisotopic (exact) mass is 370 g/mol. The lowest BCUT2D eigenvalue weighted by Gasteiger charge is -2.03. The summed E-state index contributed by atoms with van der Waals surface area (Å²) in [5.41, 5.74) is 2.43. The van der Waals surface area contributed by atoms with Crippen molar-refractivity contribution in [1.82, 2.24) is 9.97 Å². The van der Waals surface area contributed by atoms with E-state index in [1.54, 1.807) is 36.5 Å². The molecule has 3 rings (SSSR count). The Balaban J connectivity index is 1.91. The zero-order valence-corrected chi connectivity index (χ0v) is 14.2. The van der Waals surface area contributed by atoms with Crippen molar-refractivity contribution >= 4 is 46.4 Å². The molecule has 6 heteroatoms. The Labute approximate surface area is 148 Å². The van der Waals surface area contributed by atoms with Crippen molar-refractivity contribution in [3.63, 3.8) is 0 Å². The van der Waals surface area contributed by atoms with E-state index >= 15 is 0 Å². The molecule has 2 nitrogen and oxygen atoms in total. The van der Waals surface area contributed by atoms with Gasteiger partial charge in [-0.1, -0.05) is 46.4 Å². The highest BCUT2D eigenvalue weighted by molar-refractivity contribution is 6.35. The molecule has 0 bridgehead atoms. The van der Waals surface area contributed by atoms with Gasteiger partial charge in [-0.05, 0) is 42.0 Å². The molecule has 2 aromatic carbocycles. The summed E-state index contributed by atoms with van der Waals surface area (Å²) < 4.78 is 0. The van der Waals surface area contributed by atoms with Gasteiger partial charge in [-0.3, -0.25) is 0 Å². The molecular weight excluding hydrogens is 362 g/mol. The van der Waals surface area contributed by atoms with E-state index in [9.17, 15) is 0 Å². The molecule has 0 atom stereocenters. The Bertz CT molecular complexity index is 827. The minimum absolute atomic E-state index is 0.553. The number of halogens is 4. The van der Waals surface area contributed by atoms with Crippen LogP contribution in [0, 0.1) is 0 Å². The molecule has 1 heterocycles. The zero-order chi connectivity index (χ0) is 15.7. The molecule has 0 saturated carbocycles. The molecule has 0 unspecified atom stereocenters. The Kier molecular flexibility index (Phi) is 4.65. The predicted molar refractivity (Wildman–Crippen MR) is 93.3 cm³/mol. The number of rotatable bonds is 3. The standard InChI is InChI=1S/C16H10Cl4N2/c17-10-1-3-13(19)9(5-10)6-16-21-8-15(22-16)12-7-11(18)2-4-14(12)20/h1-5,7-8H,6H2,(H,21,22). The molecule has 0 aliphatic carbocycles. The SMILES string of the molecule is Clc1ccc(Cl)c(Cc2nc(-c3cc(Cl)ccc3Cl)c[nH]2)c1. The van der Waals surface area contributed by atoms with Crippen LogP contribution in [0.5, 0.6) is 0 Å². The Morgan fingerprint density at radius 2 is 1.55 bits per heavy atom. The largest absolute Gasteiger partial charge is 0.348 e. The molecule has 112 valence electrons. The lowest BCUT2D eigenvalue weighted by atomic mass is 10.1. The average Bonchev–Trinajstić information content (AvgIpc) is 2.94. The lowest BCUT2D eigenvalue weighted by Crippen LogP contribution is -1.92. The molecule has 0 aliphatic heterocycles. The highest BCUT2D eigenvalue weighted by Gasteiger charge is 2.10. The molecule has 22 heavy (non-hydrogen) atoms. The van der Waals surface area contributed by atoms with Crippen LogP contribution in [0.25, 0.3) is 11.3 Å². The number of H-pyrrole nitrogens is 1. The summed E-state index contributed by atoms with van der Waals surface area (Å²) in [5, 5.41) is 2.51. The third kappa shape index (κ3) is 3.41. The minimum Gasteiger partial charge on any atom is -0.348 e. The molecule has 1 aromatic heterocycles. The van der Waals surface area contributed by atoms with E-state index in [0.717, 1.165) is 22.6 Å². The van der Waals surface area contributed by atoms with E-state index in [-0.39, 0.29) is 0 Å². The van der Waals surface area contributed by atoms with Crippen LogP contribution in [0.4, 0.5) is 0 Å². The first-order valence-corrected chi connectivity index (χ1v) is 7.98. The van der Waals surface area contributed by atoms with E-state index < -0.39 is 0 Å². The maximum Gasteiger partial charge on any atom is 0.111 e. The second kappa shape index (κ2) is 6.51. The zero-order valence-electron chi connectivity index (χ0n) is 11.2. The van der Waals surface area contributed by atoms with Crippen LogP contribution in [-0.2, 0) is 6.42 Å². The van der Waals surface area contributed by atoms with Crippen molar-refractivity contribution in [2.75, 3.05) is 0 Å². The van der Waals surface area contributed by atoms with Gasteiger partial charge in [-0.25, -0.2) is 4.98 Å². The molecule has 0 fully saturated rings. The smallest absolute Gasteiger partial charge is 0.111 e. The third-order valence-corrected chi connectivity index (χ3v) is 4.37. The van der Waals surface area contributed by atoms with Crippen LogP contribution in [-0.4, -0.2) is 9.97 Å². The van der Waals surface area contributed by atoms with Crippen LogP contribution in [0.3, 0.4) is 0 Å². The van der Waals surface area contributed by atoms with Crippen molar-refractivity contribution < 1.29 is 0 Å². The van der Waals surface area contributed by atoms with Gasteiger partial charge in [-0.2, -0.15) is 0 Å². The fourth-order valence-electron chi connectivity index (χ4n) is 2.14. The van der Waals surface area contributed by atoms with Crippen LogP contribution in [0.2, 0.25) is 20.1 Å². The molecular formula is C16H10Cl4N2. The quantitative estimate of drug-likeness (QED) is 0.576. The number of benzene rings is 2. The molecule has 0 amide bonds. The van der Waals surface area contributed by atoms with E-state index in [2.05, 4.69) is 9.97 Å². The molecule has 0 spiro atoms. The van der Waals surface area contributed by atoms with Crippen LogP contribution in [0.1, 0.15) is 11.4 Å². The highest BCUT2D eigenvalue weighted by atomic mass is 35.5. The minimum atomic E-state index is 0.553. The summed E-state index contributed by atoms with van der Waals surface area (Å²) in [4.78, 5) is 7.68. The topological polar surface area (TPSA) is 28.7 Å². The highest BCUT2D eigenvalue weighted by Crippen LogP contribution is 2.30. The predicted octanol–water partition coefficient (Wildman–Crippen LogP) is 6.28. The normalized spacial score (nSPS) is 10.9. The Morgan fingerprint density at radius 3 is 2.32 bits per heavy atom. The first-order valence-electron chi connectivity index (χ1n) is 6.46. The summed E-state index contributed by atoms with van der Waals surface area (Å²) >= 11 is 24.4. The molecule has 1 N–H and O–H groups in total. The summed E-state index contributed by atoms with van der Waals surface area (Å²) in [6, 6.07) is 10.6. The fourth-order valence-corrected chi connectivity index (χ4v) is 2.91. The first-order chi connectivity index (χ1) is 10.5. The van der Waals surface area contributed by atoms with Crippen LogP contribution < -0.4 is 0 Å². The van der Waals surface area contributed by atoms with Crippen molar-refractivity contribution in [3.05, 3.63) is 74.1 Å². The average molecular weight is 372 g/mol. The summed E-state index contributed by atoms with van der Waals surface area (Å²) in [5.74, 6) is 0.773. The lowest BCUT2D eigenvalue weighted by molar-refractivity contribution is 1.03. The summed E-state index contributed by atoms with van der Waals surface area (Å²) in [7, 11) is 0. The number of aromatic nitrogens is 2. The van der Waals surface area contributed by atoms with Gasteiger partial charge >= 0.3 is 0 Å². The van der Waals surface area contributed by atoms with E-state index in [1.165, 1.54) is 0 Å². The van der Waals surface area contributed by atoms with Gasteiger partial charge in [-0.15, -0.1) is 0 Å². The van der Waals surface area contributed by atoms with Crippen molar-refractivity contribution in [3.8, 4) is 11.3 Å².